The summed E-state index contributed by atoms with van der Waals surface area (Å²) in [4.78, 5) is 26.5. The van der Waals surface area contributed by atoms with E-state index in [-0.39, 0.29) is 17.6 Å². The van der Waals surface area contributed by atoms with Crippen molar-refractivity contribution in [1.29, 1.82) is 0 Å². The van der Waals surface area contributed by atoms with Crippen molar-refractivity contribution < 1.29 is 9.59 Å². The largest absolute Gasteiger partial charge is 0.323 e. The van der Waals surface area contributed by atoms with Gasteiger partial charge in [-0.15, -0.1) is 11.8 Å². The van der Waals surface area contributed by atoms with Crippen LogP contribution in [0.2, 0.25) is 0 Å². The number of carbonyl (C=O) groups is 2. The Kier molecular flexibility index (Phi) is 2.97. The van der Waals surface area contributed by atoms with E-state index in [2.05, 4.69) is 5.32 Å². The standard InChI is InChI=1S/C20H14N2O2S/c23-18-12-25-20(15-9-3-4-10-16(15)21-19(20)24)22(18)17-11-5-7-13-6-1-2-8-14(13)17/h1-11H,12H2,(H,21,24)/t20-/m0/s1. The number of nitrogens with zero attached hydrogens (tertiary/aromatic N) is 1. The highest BCUT2D eigenvalue weighted by Crippen LogP contribution is 2.54. The number of hydrogen-bond acceptors (Lipinski definition) is 3. The molecule has 1 saturated heterocycles. The Hall–Kier alpha value is -2.79. The van der Waals surface area contributed by atoms with Crippen LogP contribution in [-0.4, -0.2) is 17.6 Å². The van der Waals surface area contributed by atoms with Crippen LogP contribution < -0.4 is 10.2 Å². The molecule has 4 nitrogen and oxygen atoms in total. The first-order valence-corrected chi connectivity index (χ1v) is 9.06. The first-order valence-electron chi connectivity index (χ1n) is 8.07. The molecule has 2 aliphatic heterocycles. The normalized spacial score (nSPS) is 21.8. The predicted octanol–water partition coefficient (Wildman–Crippen LogP) is 3.72. The molecule has 0 unspecified atom stereocenters. The number of fused-ring (bicyclic) bond motifs is 3. The molecule has 2 aliphatic rings. The quantitative estimate of drug-likeness (QED) is 0.730. The molecule has 2 heterocycles. The molecule has 3 aromatic rings. The number of carbonyl (C=O) groups excluding carboxylic acids is 2. The van der Waals surface area contributed by atoms with Gasteiger partial charge in [0.2, 0.25) is 10.8 Å². The zero-order chi connectivity index (χ0) is 17.0. The van der Waals surface area contributed by atoms with Crippen LogP contribution in [0.15, 0.2) is 66.7 Å². The van der Waals surface area contributed by atoms with Crippen LogP contribution in [0.1, 0.15) is 5.56 Å². The smallest absolute Gasteiger partial charge is 0.266 e. The maximum Gasteiger partial charge on any atom is 0.266 e. The van der Waals surface area contributed by atoms with Crippen LogP contribution in [0, 0.1) is 0 Å². The molecule has 25 heavy (non-hydrogen) atoms. The van der Waals surface area contributed by atoms with E-state index in [0.29, 0.717) is 0 Å². The molecular weight excluding hydrogens is 332 g/mol. The van der Waals surface area contributed by atoms with Gasteiger partial charge in [-0.2, -0.15) is 0 Å². The van der Waals surface area contributed by atoms with Crippen molar-refractivity contribution in [2.24, 2.45) is 0 Å². The van der Waals surface area contributed by atoms with Crippen LogP contribution in [0.3, 0.4) is 0 Å². The second kappa shape index (κ2) is 5.10. The van der Waals surface area contributed by atoms with Crippen molar-refractivity contribution in [1.82, 2.24) is 0 Å². The van der Waals surface area contributed by atoms with Crippen molar-refractivity contribution in [2.45, 2.75) is 4.87 Å². The van der Waals surface area contributed by atoms with Gasteiger partial charge in [0.1, 0.15) is 0 Å². The average molecular weight is 346 g/mol. The number of amides is 2. The fraction of sp³-hybridized carbons (Fsp3) is 0.100. The minimum Gasteiger partial charge on any atom is -0.323 e. The number of nitrogens with one attached hydrogen (secondary N) is 1. The van der Waals surface area contributed by atoms with Crippen LogP contribution >= 0.6 is 11.8 Å². The summed E-state index contributed by atoms with van der Waals surface area (Å²) in [6.07, 6.45) is 0. The van der Waals surface area contributed by atoms with Gasteiger partial charge in [-0.3, -0.25) is 14.5 Å². The summed E-state index contributed by atoms with van der Waals surface area (Å²) in [5, 5.41) is 4.96. The van der Waals surface area contributed by atoms with Gasteiger partial charge in [0.15, 0.2) is 0 Å². The van der Waals surface area contributed by atoms with Gasteiger partial charge in [0.05, 0.1) is 11.4 Å². The summed E-state index contributed by atoms with van der Waals surface area (Å²) in [6.45, 7) is 0. The van der Waals surface area contributed by atoms with Crippen molar-refractivity contribution in [3.8, 4) is 0 Å². The first kappa shape index (κ1) is 14.5. The second-order valence-corrected chi connectivity index (χ2v) is 7.33. The molecule has 1 fully saturated rings. The maximum absolute atomic E-state index is 13.0. The van der Waals surface area contributed by atoms with Gasteiger partial charge in [0.25, 0.3) is 5.91 Å². The number of anilines is 2. The van der Waals surface area contributed by atoms with E-state index in [9.17, 15) is 9.59 Å². The van der Waals surface area contributed by atoms with Crippen LogP contribution in [0.25, 0.3) is 10.8 Å². The summed E-state index contributed by atoms with van der Waals surface area (Å²) in [6, 6.07) is 21.4. The third-order valence-electron chi connectivity index (χ3n) is 4.82. The molecule has 0 bridgehead atoms. The lowest BCUT2D eigenvalue weighted by Crippen LogP contribution is -2.47. The van der Waals surface area contributed by atoms with Gasteiger partial charge in [-0.25, -0.2) is 0 Å². The molecule has 0 radical (unpaired) electrons. The third kappa shape index (κ3) is 1.84. The highest BCUT2D eigenvalue weighted by molar-refractivity contribution is 8.02. The monoisotopic (exact) mass is 346 g/mol. The number of benzene rings is 3. The van der Waals surface area contributed by atoms with E-state index in [4.69, 9.17) is 0 Å². The number of rotatable bonds is 1. The Balaban J connectivity index is 1.80. The molecule has 0 aliphatic carbocycles. The summed E-state index contributed by atoms with van der Waals surface area (Å²) in [5.74, 6) is 0.0796. The lowest BCUT2D eigenvalue weighted by molar-refractivity contribution is -0.122. The minimum atomic E-state index is -1.03. The lowest BCUT2D eigenvalue weighted by atomic mass is 10.0. The molecular formula is C20H14N2O2S. The van der Waals surface area contributed by atoms with Gasteiger partial charge < -0.3 is 5.32 Å². The Morgan fingerprint density at radius 1 is 0.920 bits per heavy atom. The number of hydrogen-bond donors (Lipinski definition) is 1. The lowest BCUT2D eigenvalue weighted by Gasteiger charge is -2.33. The van der Waals surface area contributed by atoms with E-state index < -0.39 is 4.87 Å². The van der Waals surface area contributed by atoms with E-state index in [1.54, 1.807) is 4.90 Å². The van der Waals surface area contributed by atoms with E-state index in [0.717, 1.165) is 27.7 Å². The van der Waals surface area contributed by atoms with Crippen LogP contribution in [0.4, 0.5) is 11.4 Å². The van der Waals surface area contributed by atoms with E-state index >= 15 is 0 Å². The maximum atomic E-state index is 13.0. The number of para-hydroxylation sites is 1. The van der Waals surface area contributed by atoms with E-state index in [1.807, 2.05) is 66.7 Å². The molecule has 3 aromatic carbocycles. The third-order valence-corrected chi connectivity index (χ3v) is 6.22. The van der Waals surface area contributed by atoms with Crippen molar-refractivity contribution in [2.75, 3.05) is 16.0 Å². The topological polar surface area (TPSA) is 49.4 Å². The zero-order valence-electron chi connectivity index (χ0n) is 13.2. The molecule has 5 heteroatoms. The van der Waals surface area contributed by atoms with E-state index in [1.165, 1.54) is 11.8 Å². The Bertz CT molecular complexity index is 1040. The van der Waals surface area contributed by atoms with Crippen LogP contribution in [0.5, 0.6) is 0 Å². The van der Waals surface area contributed by atoms with Gasteiger partial charge in [-0.05, 0) is 17.5 Å². The Labute approximate surface area is 148 Å². The van der Waals surface area contributed by atoms with Gasteiger partial charge in [-0.1, -0.05) is 54.6 Å². The summed E-state index contributed by atoms with van der Waals surface area (Å²) in [7, 11) is 0. The minimum absolute atomic E-state index is 0.0480. The molecule has 5 rings (SSSR count). The van der Waals surface area contributed by atoms with Crippen molar-refractivity contribution >= 4 is 45.7 Å². The predicted molar refractivity (Wildman–Crippen MR) is 101 cm³/mol. The molecule has 122 valence electrons. The van der Waals surface area contributed by atoms with Gasteiger partial charge >= 0.3 is 0 Å². The van der Waals surface area contributed by atoms with Crippen LogP contribution in [-0.2, 0) is 14.5 Å². The number of thioether (sulfide) groups is 1. The van der Waals surface area contributed by atoms with Crippen molar-refractivity contribution in [3.63, 3.8) is 0 Å². The second-order valence-electron chi connectivity index (χ2n) is 6.16. The molecule has 1 spiro atoms. The summed E-state index contributed by atoms with van der Waals surface area (Å²) < 4.78 is 0. The molecule has 1 atom stereocenters. The molecule has 1 N–H and O–H groups in total. The van der Waals surface area contributed by atoms with Crippen molar-refractivity contribution in [3.05, 3.63) is 72.3 Å². The highest BCUT2D eigenvalue weighted by atomic mass is 32.2. The van der Waals surface area contributed by atoms with Gasteiger partial charge in [0, 0.05) is 16.6 Å². The fourth-order valence-electron chi connectivity index (χ4n) is 3.76. The fourth-order valence-corrected chi connectivity index (χ4v) is 5.07. The molecule has 0 saturated carbocycles. The zero-order valence-corrected chi connectivity index (χ0v) is 14.0. The molecule has 0 aromatic heterocycles. The summed E-state index contributed by atoms with van der Waals surface area (Å²) in [5.41, 5.74) is 2.41. The first-order chi connectivity index (χ1) is 12.2. The molecule has 2 amide bonds. The SMILES string of the molecule is O=C1CS[C@@]2(C(=O)Nc3ccccc32)N1c1cccc2ccccc12. The Morgan fingerprint density at radius 2 is 1.68 bits per heavy atom. The summed E-state index contributed by atoms with van der Waals surface area (Å²) >= 11 is 1.39. The Morgan fingerprint density at radius 3 is 2.60 bits per heavy atom. The highest BCUT2D eigenvalue weighted by Gasteiger charge is 2.58. The average Bonchev–Trinajstić information content (AvgIpc) is 3.13.